The van der Waals surface area contributed by atoms with Gasteiger partial charge in [0.1, 0.15) is 0 Å². The highest BCUT2D eigenvalue weighted by atomic mass is 16.2. The predicted octanol–water partition coefficient (Wildman–Crippen LogP) is 2.89. The maximum absolute atomic E-state index is 12.1. The Morgan fingerprint density at radius 3 is 2.79 bits per heavy atom. The molecule has 6 heteroatoms. The minimum absolute atomic E-state index is 0.190. The van der Waals surface area contributed by atoms with Crippen LogP contribution in [0.15, 0.2) is 59.8 Å². The minimum Gasteiger partial charge on any atom is -0.361 e. The van der Waals surface area contributed by atoms with Crippen LogP contribution in [0.3, 0.4) is 0 Å². The number of aromatic amines is 1. The SMILES string of the molecule is CC(=O)Nc1cccc(C(=O)N/N=C\c2c[nH]c3ccccc23)c1. The Bertz CT molecular complexity index is 927. The summed E-state index contributed by atoms with van der Waals surface area (Å²) in [6.07, 6.45) is 3.42. The van der Waals surface area contributed by atoms with Crippen LogP contribution in [0.2, 0.25) is 0 Å². The lowest BCUT2D eigenvalue weighted by atomic mass is 10.2. The quantitative estimate of drug-likeness (QED) is 0.510. The third-order valence-electron chi connectivity index (χ3n) is 3.44. The Balaban J connectivity index is 1.70. The molecule has 0 fully saturated rings. The molecule has 0 aliphatic carbocycles. The van der Waals surface area contributed by atoms with Gasteiger partial charge in [-0.3, -0.25) is 9.59 Å². The normalized spacial score (nSPS) is 10.9. The summed E-state index contributed by atoms with van der Waals surface area (Å²) in [4.78, 5) is 26.3. The van der Waals surface area contributed by atoms with Gasteiger partial charge in [-0.1, -0.05) is 24.3 Å². The van der Waals surface area contributed by atoms with E-state index in [1.54, 1.807) is 30.5 Å². The van der Waals surface area contributed by atoms with Crippen molar-refractivity contribution in [3.05, 3.63) is 65.9 Å². The first-order chi connectivity index (χ1) is 11.6. The van der Waals surface area contributed by atoms with Gasteiger partial charge in [0.2, 0.25) is 5.91 Å². The average molecular weight is 320 g/mol. The molecule has 0 spiro atoms. The minimum atomic E-state index is -0.349. The predicted molar refractivity (Wildman–Crippen MR) is 94.1 cm³/mol. The summed E-state index contributed by atoms with van der Waals surface area (Å²) < 4.78 is 0. The van der Waals surface area contributed by atoms with Gasteiger partial charge in [0.15, 0.2) is 0 Å². The molecule has 1 heterocycles. The Hall–Kier alpha value is -3.41. The number of para-hydroxylation sites is 1. The highest BCUT2D eigenvalue weighted by Crippen LogP contribution is 2.15. The molecule has 3 N–H and O–H groups in total. The van der Waals surface area contributed by atoms with Crippen molar-refractivity contribution in [1.29, 1.82) is 0 Å². The summed E-state index contributed by atoms with van der Waals surface area (Å²) in [7, 11) is 0. The Morgan fingerprint density at radius 1 is 1.12 bits per heavy atom. The second-order valence-corrected chi connectivity index (χ2v) is 5.25. The summed E-state index contributed by atoms with van der Waals surface area (Å²) in [6.45, 7) is 1.41. The maximum atomic E-state index is 12.1. The zero-order chi connectivity index (χ0) is 16.9. The number of carbonyl (C=O) groups is 2. The second kappa shape index (κ2) is 6.78. The molecule has 0 bridgehead atoms. The van der Waals surface area contributed by atoms with Gasteiger partial charge in [0, 0.05) is 40.8 Å². The fourth-order valence-electron chi connectivity index (χ4n) is 2.37. The van der Waals surface area contributed by atoms with Crippen LogP contribution in [-0.4, -0.2) is 23.0 Å². The van der Waals surface area contributed by atoms with E-state index in [0.29, 0.717) is 11.3 Å². The molecule has 2 amide bonds. The summed E-state index contributed by atoms with van der Waals surface area (Å²) in [5.74, 6) is -0.539. The van der Waals surface area contributed by atoms with E-state index in [2.05, 4.69) is 20.8 Å². The maximum Gasteiger partial charge on any atom is 0.271 e. The van der Waals surface area contributed by atoms with E-state index in [1.165, 1.54) is 6.92 Å². The van der Waals surface area contributed by atoms with Crippen LogP contribution in [0, 0.1) is 0 Å². The standard InChI is InChI=1S/C18H16N4O2/c1-12(23)21-15-6-4-5-13(9-15)18(24)22-20-11-14-10-19-17-8-3-2-7-16(14)17/h2-11,19H,1H3,(H,21,23)(H,22,24)/b20-11-. The van der Waals surface area contributed by atoms with Crippen LogP contribution in [-0.2, 0) is 4.79 Å². The molecular formula is C18H16N4O2. The van der Waals surface area contributed by atoms with Crippen molar-refractivity contribution in [3.63, 3.8) is 0 Å². The molecule has 6 nitrogen and oxygen atoms in total. The van der Waals surface area contributed by atoms with Crippen molar-refractivity contribution < 1.29 is 9.59 Å². The van der Waals surface area contributed by atoms with Gasteiger partial charge in [-0.15, -0.1) is 0 Å². The van der Waals surface area contributed by atoms with Crippen molar-refractivity contribution in [1.82, 2.24) is 10.4 Å². The lowest BCUT2D eigenvalue weighted by Crippen LogP contribution is -2.18. The van der Waals surface area contributed by atoms with Crippen LogP contribution in [0.1, 0.15) is 22.8 Å². The second-order valence-electron chi connectivity index (χ2n) is 5.25. The van der Waals surface area contributed by atoms with Crippen LogP contribution >= 0.6 is 0 Å². The van der Waals surface area contributed by atoms with Gasteiger partial charge in [-0.05, 0) is 24.3 Å². The Morgan fingerprint density at radius 2 is 1.96 bits per heavy atom. The number of nitrogens with zero attached hydrogens (tertiary/aromatic N) is 1. The van der Waals surface area contributed by atoms with Gasteiger partial charge in [0.25, 0.3) is 5.91 Å². The Labute approximate surface area is 138 Å². The van der Waals surface area contributed by atoms with Crippen molar-refractivity contribution in [2.75, 3.05) is 5.32 Å². The molecule has 120 valence electrons. The number of nitrogens with one attached hydrogen (secondary N) is 3. The molecule has 0 atom stereocenters. The molecule has 0 radical (unpaired) electrons. The average Bonchev–Trinajstić information content (AvgIpc) is 2.98. The van der Waals surface area contributed by atoms with Crippen molar-refractivity contribution in [2.45, 2.75) is 6.92 Å². The molecule has 24 heavy (non-hydrogen) atoms. The highest BCUT2D eigenvalue weighted by Gasteiger charge is 2.06. The number of hydrogen-bond acceptors (Lipinski definition) is 3. The number of aromatic nitrogens is 1. The first-order valence-electron chi connectivity index (χ1n) is 7.40. The van der Waals surface area contributed by atoms with E-state index in [-0.39, 0.29) is 11.8 Å². The fraction of sp³-hybridized carbons (Fsp3) is 0.0556. The van der Waals surface area contributed by atoms with Crippen molar-refractivity contribution >= 4 is 34.6 Å². The number of amides is 2. The van der Waals surface area contributed by atoms with E-state index < -0.39 is 0 Å². The summed E-state index contributed by atoms with van der Waals surface area (Å²) in [5, 5.41) is 7.67. The number of hydrazone groups is 1. The van der Waals surface area contributed by atoms with Crippen LogP contribution < -0.4 is 10.7 Å². The number of hydrogen-bond donors (Lipinski definition) is 3. The topological polar surface area (TPSA) is 86.3 Å². The first-order valence-corrected chi connectivity index (χ1v) is 7.40. The zero-order valence-corrected chi connectivity index (χ0v) is 13.0. The van der Waals surface area contributed by atoms with E-state index in [9.17, 15) is 9.59 Å². The van der Waals surface area contributed by atoms with Crippen molar-refractivity contribution in [3.8, 4) is 0 Å². The molecule has 1 aromatic heterocycles. The third-order valence-corrected chi connectivity index (χ3v) is 3.44. The van der Waals surface area contributed by atoms with Gasteiger partial charge in [-0.25, -0.2) is 5.43 Å². The number of anilines is 1. The monoisotopic (exact) mass is 320 g/mol. The van der Waals surface area contributed by atoms with E-state index in [1.807, 2.05) is 30.5 Å². The molecule has 2 aromatic carbocycles. The number of carbonyl (C=O) groups excluding carboxylic acids is 2. The van der Waals surface area contributed by atoms with E-state index in [0.717, 1.165) is 16.5 Å². The third kappa shape index (κ3) is 3.49. The molecule has 0 saturated carbocycles. The van der Waals surface area contributed by atoms with Gasteiger partial charge >= 0.3 is 0 Å². The summed E-state index contributed by atoms with van der Waals surface area (Å²) >= 11 is 0. The zero-order valence-electron chi connectivity index (χ0n) is 13.0. The van der Waals surface area contributed by atoms with E-state index >= 15 is 0 Å². The number of H-pyrrole nitrogens is 1. The molecule has 3 aromatic rings. The molecule has 3 rings (SSSR count). The van der Waals surface area contributed by atoms with Crippen molar-refractivity contribution in [2.24, 2.45) is 5.10 Å². The molecule has 0 aliphatic heterocycles. The lowest BCUT2D eigenvalue weighted by Gasteiger charge is -2.04. The number of rotatable bonds is 4. The Kier molecular flexibility index (Phi) is 4.38. The first kappa shape index (κ1) is 15.5. The summed E-state index contributed by atoms with van der Waals surface area (Å²) in [6, 6.07) is 14.5. The van der Waals surface area contributed by atoms with Crippen LogP contribution in [0.4, 0.5) is 5.69 Å². The number of fused-ring (bicyclic) bond motifs is 1. The van der Waals surface area contributed by atoms with Crippen LogP contribution in [0.25, 0.3) is 10.9 Å². The molecular weight excluding hydrogens is 304 g/mol. The van der Waals surface area contributed by atoms with Gasteiger partial charge in [0.05, 0.1) is 6.21 Å². The number of benzene rings is 2. The fourth-order valence-corrected chi connectivity index (χ4v) is 2.37. The molecule has 0 saturated heterocycles. The van der Waals surface area contributed by atoms with Crippen LogP contribution in [0.5, 0.6) is 0 Å². The smallest absolute Gasteiger partial charge is 0.271 e. The molecule has 0 unspecified atom stereocenters. The van der Waals surface area contributed by atoms with Gasteiger partial charge in [-0.2, -0.15) is 5.10 Å². The molecule has 0 aliphatic rings. The highest BCUT2D eigenvalue weighted by molar-refractivity contribution is 6.00. The van der Waals surface area contributed by atoms with E-state index in [4.69, 9.17) is 0 Å². The summed E-state index contributed by atoms with van der Waals surface area (Å²) in [5.41, 5.74) is 5.36. The largest absolute Gasteiger partial charge is 0.361 e. The lowest BCUT2D eigenvalue weighted by molar-refractivity contribution is -0.114. The van der Waals surface area contributed by atoms with Gasteiger partial charge < -0.3 is 10.3 Å².